The molecule has 0 fully saturated rings. The Bertz CT molecular complexity index is 559. The Balaban J connectivity index is 2.19. The van der Waals surface area contributed by atoms with Crippen LogP contribution in [0.1, 0.15) is 32.0 Å². The zero-order valence-electron chi connectivity index (χ0n) is 12.0. The average molecular weight is 282 g/mol. The van der Waals surface area contributed by atoms with Gasteiger partial charge in [-0.3, -0.25) is 4.90 Å². The first-order valence-corrected chi connectivity index (χ1v) is 6.15. The van der Waals surface area contributed by atoms with Crippen LogP contribution in [0.4, 0.5) is 15.4 Å². The summed E-state index contributed by atoms with van der Waals surface area (Å²) in [5, 5.41) is 3.91. The fourth-order valence-corrected chi connectivity index (χ4v) is 1.96. The molecular formula is C12H18N4O4. The van der Waals surface area contributed by atoms with Crippen molar-refractivity contribution in [2.45, 2.75) is 39.5 Å². The first kappa shape index (κ1) is 14.2. The minimum absolute atomic E-state index is 0.212. The number of hydrogen-bond acceptors (Lipinski definition) is 6. The number of ether oxygens (including phenoxy) is 2. The summed E-state index contributed by atoms with van der Waals surface area (Å²) in [4.78, 5) is 25.1. The summed E-state index contributed by atoms with van der Waals surface area (Å²) in [7, 11) is 1.26. The van der Waals surface area contributed by atoms with Gasteiger partial charge < -0.3 is 15.2 Å². The maximum Gasteiger partial charge on any atom is 0.434 e. The van der Waals surface area contributed by atoms with Crippen LogP contribution in [0.2, 0.25) is 0 Å². The largest absolute Gasteiger partial charge is 0.451 e. The van der Waals surface area contributed by atoms with E-state index in [-0.39, 0.29) is 18.9 Å². The number of methoxy groups -OCH3 is 1. The normalized spacial score (nSPS) is 14.1. The molecule has 0 radical (unpaired) electrons. The van der Waals surface area contributed by atoms with Crippen molar-refractivity contribution in [3.8, 4) is 0 Å². The third kappa shape index (κ3) is 2.54. The molecule has 8 nitrogen and oxygen atoms in total. The number of anilines is 1. The second-order valence-electron chi connectivity index (χ2n) is 5.53. The van der Waals surface area contributed by atoms with Crippen molar-refractivity contribution >= 4 is 18.0 Å². The number of carbonyl (C=O) groups excluding carboxylic acids is 2. The van der Waals surface area contributed by atoms with Crippen molar-refractivity contribution < 1.29 is 19.1 Å². The number of hydrogen-bond donors (Lipinski definition) is 1. The number of nitrogen functional groups attached to an aromatic ring is 1. The average Bonchev–Trinajstić information content (AvgIpc) is 2.87. The van der Waals surface area contributed by atoms with Gasteiger partial charge in [0.1, 0.15) is 5.60 Å². The summed E-state index contributed by atoms with van der Waals surface area (Å²) in [6.45, 7) is 5.85. The highest BCUT2D eigenvalue weighted by molar-refractivity contribution is 5.74. The van der Waals surface area contributed by atoms with E-state index in [9.17, 15) is 9.59 Å². The van der Waals surface area contributed by atoms with Gasteiger partial charge in [-0.05, 0) is 20.8 Å². The van der Waals surface area contributed by atoms with Crippen LogP contribution < -0.4 is 5.73 Å². The minimum Gasteiger partial charge on any atom is -0.451 e. The predicted octanol–water partition coefficient (Wildman–Crippen LogP) is 1.33. The Labute approximate surface area is 116 Å². The molecule has 0 atom stereocenters. The lowest BCUT2D eigenvalue weighted by Crippen LogP contribution is -2.34. The highest BCUT2D eigenvalue weighted by Crippen LogP contribution is 2.28. The van der Waals surface area contributed by atoms with Crippen molar-refractivity contribution in [1.82, 2.24) is 14.7 Å². The second-order valence-corrected chi connectivity index (χ2v) is 5.53. The zero-order valence-corrected chi connectivity index (χ0v) is 12.0. The first-order chi connectivity index (χ1) is 9.23. The van der Waals surface area contributed by atoms with Crippen molar-refractivity contribution in [2.24, 2.45) is 0 Å². The van der Waals surface area contributed by atoms with Crippen molar-refractivity contribution in [1.29, 1.82) is 0 Å². The van der Waals surface area contributed by atoms with E-state index in [4.69, 9.17) is 10.5 Å². The number of amides is 1. The third-order valence-corrected chi connectivity index (χ3v) is 2.81. The van der Waals surface area contributed by atoms with Crippen LogP contribution in [0.15, 0.2) is 0 Å². The summed E-state index contributed by atoms with van der Waals surface area (Å²) in [6, 6.07) is 0. The van der Waals surface area contributed by atoms with E-state index in [1.165, 1.54) is 12.0 Å². The van der Waals surface area contributed by atoms with E-state index in [0.29, 0.717) is 11.3 Å². The minimum atomic E-state index is -0.635. The van der Waals surface area contributed by atoms with E-state index in [0.717, 1.165) is 4.68 Å². The number of nitrogens with two attached hydrogens (primary N) is 1. The van der Waals surface area contributed by atoms with Crippen LogP contribution in [0.5, 0.6) is 0 Å². The van der Waals surface area contributed by atoms with Crippen LogP contribution in [0.25, 0.3) is 0 Å². The van der Waals surface area contributed by atoms with Gasteiger partial charge in [-0.15, -0.1) is 5.10 Å². The molecule has 0 aromatic carbocycles. The molecule has 0 saturated heterocycles. The quantitative estimate of drug-likeness (QED) is 0.770. The van der Waals surface area contributed by atoms with Gasteiger partial charge in [-0.25, -0.2) is 9.59 Å². The van der Waals surface area contributed by atoms with Gasteiger partial charge >= 0.3 is 12.2 Å². The van der Waals surface area contributed by atoms with Crippen LogP contribution in [0.3, 0.4) is 0 Å². The fraction of sp³-hybridized carbons (Fsp3) is 0.583. The smallest absolute Gasteiger partial charge is 0.434 e. The van der Waals surface area contributed by atoms with E-state index >= 15 is 0 Å². The van der Waals surface area contributed by atoms with Crippen molar-refractivity contribution in [2.75, 3.05) is 12.8 Å². The second kappa shape index (κ2) is 4.69. The number of fused-ring (bicyclic) bond motifs is 1. The molecule has 0 spiro atoms. The Morgan fingerprint density at radius 2 is 1.90 bits per heavy atom. The molecule has 8 heteroatoms. The van der Waals surface area contributed by atoms with Crippen LogP contribution in [0, 0.1) is 0 Å². The monoisotopic (exact) mass is 282 g/mol. The van der Waals surface area contributed by atoms with Crippen molar-refractivity contribution in [3.05, 3.63) is 11.3 Å². The van der Waals surface area contributed by atoms with E-state index in [1.54, 1.807) is 20.8 Å². The number of rotatable bonds is 0. The number of nitrogens with zero attached hydrogens (tertiary/aromatic N) is 3. The molecular weight excluding hydrogens is 264 g/mol. The standard InChI is InChI=1S/C12H18N4O4/c1-12(2,3)20-10(17)15-5-7-8(6-15)16(11(18)19-4)14-9(7)13/h5-6H2,1-4H3,(H2,13,14). The van der Waals surface area contributed by atoms with Crippen LogP contribution in [-0.4, -0.2) is 39.6 Å². The Kier molecular flexibility index (Phi) is 3.33. The molecule has 0 bridgehead atoms. The highest BCUT2D eigenvalue weighted by atomic mass is 16.6. The van der Waals surface area contributed by atoms with Crippen LogP contribution >= 0.6 is 0 Å². The molecule has 2 rings (SSSR count). The molecule has 0 unspecified atom stereocenters. The van der Waals surface area contributed by atoms with Gasteiger partial charge in [-0.2, -0.15) is 4.68 Å². The van der Waals surface area contributed by atoms with E-state index in [1.807, 2.05) is 0 Å². The zero-order chi connectivity index (χ0) is 15.1. The first-order valence-electron chi connectivity index (χ1n) is 6.15. The SMILES string of the molecule is COC(=O)n1nc(N)c2c1CN(C(=O)OC(C)(C)C)C2. The fourth-order valence-electron chi connectivity index (χ4n) is 1.96. The Hall–Kier alpha value is -2.25. The maximum absolute atomic E-state index is 12.0. The Morgan fingerprint density at radius 1 is 1.25 bits per heavy atom. The van der Waals surface area contributed by atoms with E-state index in [2.05, 4.69) is 9.84 Å². The summed E-state index contributed by atoms with van der Waals surface area (Å²) in [6.07, 6.45) is -1.09. The summed E-state index contributed by atoms with van der Waals surface area (Å²) < 4.78 is 11.0. The van der Waals surface area contributed by atoms with Gasteiger partial charge in [-0.1, -0.05) is 0 Å². The summed E-state index contributed by atoms with van der Waals surface area (Å²) >= 11 is 0. The van der Waals surface area contributed by atoms with Gasteiger partial charge in [0.05, 0.1) is 25.9 Å². The molecule has 110 valence electrons. The number of aromatic nitrogens is 2. The molecule has 2 N–H and O–H groups in total. The molecule has 1 aliphatic heterocycles. The van der Waals surface area contributed by atoms with Gasteiger partial charge in [0.25, 0.3) is 0 Å². The Morgan fingerprint density at radius 3 is 2.45 bits per heavy atom. The molecule has 0 saturated carbocycles. The van der Waals surface area contributed by atoms with Crippen LogP contribution in [-0.2, 0) is 22.6 Å². The molecule has 1 aromatic heterocycles. The molecule has 0 aliphatic carbocycles. The lowest BCUT2D eigenvalue weighted by molar-refractivity contribution is 0.0238. The summed E-state index contributed by atoms with van der Waals surface area (Å²) in [5.74, 6) is 0.219. The highest BCUT2D eigenvalue weighted by Gasteiger charge is 2.34. The van der Waals surface area contributed by atoms with E-state index < -0.39 is 17.8 Å². The van der Waals surface area contributed by atoms with Gasteiger partial charge in [0.15, 0.2) is 5.82 Å². The molecule has 1 aromatic rings. The lowest BCUT2D eigenvalue weighted by Gasteiger charge is -2.24. The third-order valence-electron chi connectivity index (χ3n) is 2.81. The van der Waals surface area contributed by atoms with Gasteiger partial charge in [0, 0.05) is 5.56 Å². The summed E-state index contributed by atoms with van der Waals surface area (Å²) in [5.41, 5.74) is 6.39. The predicted molar refractivity (Wildman–Crippen MR) is 69.9 cm³/mol. The molecule has 1 aliphatic rings. The number of carbonyl (C=O) groups is 2. The molecule has 1 amide bonds. The molecule has 20 heavy (non-hydrogen) atoms. The lowest BCUT2D eigenvalue weighted by atomic mass is 10.2. The van der Waals surface area contributed by atoms with Crippen molar-refractivity contribution in [3.63, 3.8) is 0 Å². The maximum atomic E-state index is 12.0. The molecule has 2 heterocycles. The topological polar surface area (TPSA) is 99.7 Å². The van der Waals surface area contributed by atoms with Gasteiger partial charge in [0.2, 0.25) is 0 Å².